The number of methoxy groups -OCH3 is 1. The van der Waals surface area contributed by atoms with Crippen LogP contribution in [0.3, 0.4) is 0 Å². The predicted octanol–water partition coefficient (Wildman–Crippen LogP) is 1.25. The first-order valence-electron chi connectivity index (χ1n) is 6.76. The zero-order valence-corrected chi connectivity index (χ0v) is 12.6. The number of aryl methyl sites for hydroxylation is 2. The van der Waals surface area contributed by atoms with Gasteiger partial charge in [0.2, 0.25) is 5.95 Å². The van der Waals surface area contributed by atoms with Gasteiger partial charge in [-0.2, -0.15) is 0 Å². The smallest absolute Gasteiger partial charge is 0.225 e. The first-order chi connectivity index (χ1) is 8.99. The normalized spacial score (nSPS) is 23.8. The van der Waals surface area contributed by atoms with Gasteiger partial charge in [0, 0.05) is 44.7 Å². The van der Waals surface area contributed by atoms with Crippen LogP contribution in [0.1, 0.15) is 17.8 Å². The molecule has 0 radical (unpaired) electrons. The lowest BCUT2D eigenvalue weighted by atomic mass is 10.2. The Morgan fingerprint density at radius 2 is 2.00 bits per heavy atom. The molecule has 19 heavy (non-hydrogen) atoms. The molecule has 2 rings (SSSR count). The Morgan fingerprint density at radius 3 is 2.53 bits per heavy atom. The second-order valence-electron chi connectivity index (χ2n) is 5.52. The summed E-state index contributed by atoms with van der Waals surface area (Å²) in [6.45, 7) is 5.95. The molecule has 1 aliphatic rings. The fourth-order valence-electron chi connectivity index (χ4n) is 2.69. The van der Waals surface area contributed by atoms with E-state index < -0.39 is 0 Å². The summed E-state index contributed by atoms with van der Waals surface area (Å²) in [5, 5.41) is 0. The Hall–Kier alpha value is -1.20. The predicted molar refractivity (Wildman–Crippen MR) is 76.6 cm³/mol. The van der Waals surface area contributed by atoms with E-state index in [9.17, 15) is 0 Å². The van der Waals surface area contributed by atoms with Crippen LogP contribution in [-0.4, -0.2) is 61.3 Å². The molecule has 0 spiro atoms. The van der Waals surface area contributed by atoms with Crippen LogP contribution in [0.25, 0.3) is 0 Å². The highest BCUT2D eigenvalue weighted by atomic mass is 16.5. The summed E-state index contributed by atoms with van der Waals surface area (Å²) < 4.78 is 5.45. The maximum absolute atomic E-state index is 5.45. The molecule has 5 nitrogen and oxygen atoms in total. The molecule has 1 aromatic rings. The lowest BCUT2D eigenvalue weighted by Crippen LogP contribution is -2.37. The van der Waals surface area contributed by atoms with E-state index in [1.165, 1.54) is 0 Å². The molecule has 0 amide bonds. The Labute approximate surface area is 115 Å². The first-order valence-corrected chi connectivity index (χ1v) is 6.76. The molecular formula is C14H24N4O. The first kappa shape index (κ1) is 14.2. The van der Waals surface area contributed by atoms with Crippen LogP contribution in [0, 0.1) is 13.8 Å². The minimum atomic E-state index is 0.351. The van der Waals surface area contributed by atoms with Crippen molar-refractivity contribution in [1.82, 2.24) is 14.9 Å². The van der Waals surface area contributed by atoms with E-state index in [0.29, 0.717) is 12.1 Å². The van der Waals surface area contributed by atoms with E-state index in [-0.39, 0.29) is 0 Å². The number of anilines is 1. The molecule has 0 saturated carbocycles. The molecule has 106 valence electrons. The number of hydrogen-bond donors (Lipinski definition) is 0. The number of ether oxygens (including phenoxy) is 1. The van der Waals surface area contributed by atoms with Crippen LogP contribution in [0.5, 0.6) is 0 Å². The van der Waals surface area contributed by atoms with Gasteiger partial charge in [-0.05, 0) is 33.4 Å². The SMILES string of the molecule is CO[C@H]1C[C@@H](CN(C)c2nc(C)cc(C)n2)N(C)C1. The van der Waals surface area contributed by atoms with E-state index in [1.807, 2.05) is 19.9 Å². The number of aromatic nitrogens is 2. The summed E-state index contributed by atoms with van der Waals surface area (Å²) in [5.41, 5.74) is 2.03. The molecule has 0 aromatic carbocycles. The van der Waals surface area contributed by atoms with Gasteiger partial charge in [0.15, 0.2) is 0 Å². The lowest BCUT2D eigenvalue weighted by molar-refractivity contribution is 0.111. The summed E-state index contributed by atoms with van der Waals surface area (Å²) in [5.74, 6) is 0.812. The van der Waals surface area contributed by atoms with Crippen molar-refractivity contribution < 1.29 is 4.74 Å². The van der Waals surface area contributed by atoms with Crippen LogP contribution in [0.15, 0.2) is 6.07 Å². The van der Waals surface area contributed by atoms with Crippen molar-refractivity contribution in [3.8, 4) is 0 Å². The zero-order valence-electron chi connectivity index (χ0n) is 12.6. The topological polar surface area (TPSA) is 41.5 Å². The number of likely N-dealkylation sites (tertiary alicyclic amines) is 1. The maximum atomic E-state index is 5.45. The van der Waals surface area contributed by atoms with Crippen molar-refractivity contribution in [2.45, 2.75) is 32.4 Å². The van der Waals surface area contributed by atoms with Crippen molar-refractivity contribution in [2.24, 2.45) is 0 Å². The summed E-state index contributed by atoms with van der Waals surface area (Å²) in [6.07, 6.45) is 1.42. The number of nitrogens with zero attached hydrogens (tertiary/aromatic N) is 4. The summed E-state index contributed by atoms with van der Waals surface area (Å²) >= 11 is 0. The number of hydrogen-bond acceptors (Lipinski definition) is 5. The molecule has 2 atom stereocenters. The second-order valence-corrected chi connectivity index (χ2v) is 5.52. The quantitative estimate of drug-likeness (QED) is 0.818. The summed E-state index contributed by atoms with van der Waals surface area (Å²) in [4.78, 5) is 13.5. The molecular weight excluding hydrogens is 240 g/mol. The lowest BCUT2D eigenvalue weighted by Gasteiger charge is -2.25. The van der Waals surface area contributed by atoms with Gasteiger partial charge < -0.3 is 9.64 Å². The molecule has 1 aromatic heterocycles. The molecule has 1 saturated heterocycles. The van der Waals surface area contributed by atoms with Crippen molar-refractivity contribution in [2.75, 3.05) is 39.2 Å². The third kappa shape index (κ3) is 3.42. The van der Waals surface area contributed by atoms with Gasteiger partial charge in [0.25, 0.3) is 0 Å². The van der Waals surface area contributed by atoms with Crippen LogP contribution in [-0.2, 0) is 4.74 Å². The average molecular weight is 264 g/mol. The monoisotopic (exact) mass is 264 g/mol. The molecule has 2 heterocycles. The molecule has 5 heteroatoms. The Morgan fingerprint density at radius 1 is 1.37 bits per heavy atom. The summed E-state index contributed by atoms with van der Waals surface area (Å²) in [6, 6.07) is 2.50. The maximum Gasteiger partial charge on any atom is 0.225 e. The molecule has 0 N–H and O–H groups in total. The standard InChI is InChI=1S/C14H24N4O/c1-10-6-11(2)16-14(15-10)18(4)8-12-7-13(19-5)9-17(12)3/h6,12-13H,7-9H2,1-5H3/t12-,13-/m0/s1. The minimum Gasteiger partial charge on any atom is -0.380 e. The third-order valence-corrected chi connectivity index (χ3v) is 3.78. The Balaban J connectivity index is 2.02. The van der Waals surface area contributed by atoms with Gasteiger partial charge in [-0.1, -0.05) is 0 Å². The highest BCUT2D eigenvalue weighted by Gasteiger charge is 2.30. The van der Waals surface area contributed by atoms with Crippen LogP contribution >= 0.6 is 0 Å². The molecule has 0 aliphatic carbocycles. The van der Waals surface area contributed by atoms with Gasteiger partial charge in [0.1, 0.15) is 0 Å². The van der Waals surface area contributed by atoms with Gasteiger partial charge in [0.05, 0.1) is 6.10 Å². The van der Waals surface area contributed by atoms with Crippen molar-refractivity contribution in [3.63, 3.8) is 0 Å². The molecule has 1 aliphatic heterocycles. The number of likely N-dealkylation sites (N-methyl/N-ethyl adjacent to an activating group) is 2. The average Bonchev–Trinajstić information content (AvgIpc) is 2.69. The van der Waals surface area contributed by atoms with Crippen LogP contribution < -0.4 is 4.90 Å². The number of rotatable bonds is 4. The fraction of sp³-hybridized carbons (Fsp3) is 0.714. The third-order valence-electron chi connectivity index (χ3n) is 3.78. The van der Waals surface area contributed by atoms with Crippen molar-refractivity contribution >= 4 is 5.95 Å². The highest BCUT2D eigenvalue weighted by Crippen LogP contribution is 2.20. The van der Waals surface area contributed by atoms with Gasteiger partial charge >= 0.3 is 0 Å². The Kier molecular flexibility index (Phi) is 4.37. The van der Waals surface area contributed by atoms with Gasteiger partial charge in [-0.25, -0.2) is 9.97 Å². The molecule has 0 bridgehead atoms. The summed E-state index contributed by atoms with van der Waals surface area (Å²) in [7, 11) is 6.00. The van der Waals surface area contributed by atoms with Gasteiger partial charge in [-0.3, -0.25) is 4.90 Å². The van der Waals surface area contributed by atoms with Crippen molar-refractivity contribution in [1.29, 1.82) is 0 Å². The van der Waals surface area contributed by atoms with E-state index >= 15 is 0 Å². The van der Waals surface area contributed by atoms with E-state index in [0.717, 1.165) is 36.8 Å². The van der Waals surface area contributed by atoms with E-state index in [1.54, 1.807) is 7.11 Å². The molecule has 0 unspecified atom stereocenters. The largest absolute Gasteiger partial charge is 0.380 e. The minimum absolute atomic E-state index is 0.351. The zero-order chi connectivity index (χ0) is 14.0. The highest BCUT2D eigenvalue weighted by molar-refractivity contribution is 5.31. The fourth-order valence-corrected chi connectivity index (χ4v) is 2.69. The van der Waals surface area contributed by atoms with Crippen LogP contribution in [0.2, 0.25) is 0 Å². The van der Waals surface area contributed by atoms with E-state index in [2.05, 4.69) is 33.9 Å². The van der Waals surface area contributed by atoms with Crippen molar-refractivity contribution in [3.05, 3.63) is 17.5 Å². The van der Waals surface area contributed by atoms with Gasteiger partial charge in [-0.15, -0.1) is 0 Å². The molecule has 1 fully saturated rings. The Bertz CT molecular complexity index is 417. The van der Waals surface area contributed by atoms with E-state index in [4.69, 9.17) is 4.74 Å². The van der Waals surface area contributed by atoms with Crippen LogP contribution in [0.4, 0.5) is 5.95 Å². The second kappa shape index (κ2) is 5.84.